The van der Waals surface area contributed by atoms with Gasteiger partial charge in [0.05, 0.1) is 12.6 Å². The molecule has 0 aliphatic heterocycles. The Morgan fingerprint density at radius 2 is 2.20 bits per heavy atom. The van der Waals surface area contributed by atoms with Gasteiger partial charge in [-0.15, -0.1) is 0 Å². The third kappa shape index (κ3) is 3.87. The quantitative estimate of drug-likeness (QED) is 0.648. The molecule has 0 spiro atoms. The molecule has 1 atom stereocenters. The van der Waals surface area contributed by atoms with Gasteiger partial charge in [0.1, 0.15) is 0 Å². The van der Waals surface area contributed by atoms with E-state index in [4.69, 9.17) is 22.1 Å². The lowest BCUT2D eigenvalue weighted by Crippen LogP contribution is -2.42. The summed E-state index contributed by atoms with van der Waals surface area (Å²) in [6, 6.07) is 8.48. The third-order valence-electron chi connectivity index (χ3n) is 3.59. The van der Waals surface area contributed by atoms with Crippen LogP contribution in [0.3, 0.4) is 0 Å². The summed E-state index contributed by atoms with van der Waals surface area (Å²) >= 11 is 6.20. The van der Waals surface area contributed by atoms with Crippen LogP contribution >= 0.6 is 11.6 Å². The van der Waals surface area contributed by atoms with E-state index in [1.54, 1.807) is 7.11 Å². The summed E-state index contributed by atoms with van der Waals surface area (Å²) < 4.78 is 5.05. The molecule has 1 saturated carbocycles. The van der Waals surface area contributed by atoms with Crippen molar-refractivity contribution < 1.29 is 4.74 Å². The van der Waals surface area contributed by atoms with E-state index in [-0.39, 0.29) is 6.04 Å². The predicted octanol–water partition coefficient (Wildman–Crippen LogP) is 2.53. The van der Waals surface area contributed by atoms with Crippen molar-refractivity contribution in [2.75, 3.05) is 13.7 Å². The summed E-state index contributed by atoms with van der Waals surface area (Å²) in [6.07, 6.45) is 2.01. The van der Waals surface area contributed by atoms with Crippen LogP contribution in [0.4, 0.5) is 0 Å². The van der Waals surface area contributed by atoms with Gasteiger partial charge in [-0.1, -0.05) is 29.8 Å². The highest BCUT2D eigenvalue weighted by atomic mass is 35.5. The van der Waals surface area contributed by atoms with Gasteiger partial charge in [-0.05, 0) is 37.3 Å². The van der Waals surface area contributed by atoms with Crippen LogP contribution in [0.1, 0.15) is 31.2 Å². The summed E-state index contributed by atoms with van der Waals surface area (Å²) in [5, 5.41) is 3.97. The first-order chi connectivity index (χ1) is 9.60. The largest absolute Gasteiger partial charge is 0.383 e. The fourth-order valence-electron chi connectivity index (χ4n) is 2.53. The fraction of sp³-hybridized carbons (Fsp3) is 0.533. The number of halogens is 1. The van der Waals surface area contributed by atoms with Gasteiger partial charge in [0.15, 0.2) is 5.96 Å². The Labute approximate surface area is 125 Å². The Bertz CT molecular complexity index is 472. The molecule has 5 heteroatoms. The molecule has 0 bridgehead atoms. The second-order valence-electron chi connectivity index (χ2n) is 5.36. The van der Waals surface area contributed by atoms with Crippen molar-refractivity contribution in [3.63, 3.8) is 0 Å². The minimum atomic E-state index is 0.170. The Balaban J connectivity index is 1.83. The zero-order valence-corrected chi connectivity index (χ0v) is 12.7. The van der Waals surface area contributed by atoms with E-state index in [1.807, 2.05) is 25.1 Å². The van der Waals surface area contributed by atoms with Crippen molar-refractivity contribution in [2.24, 2.45) is 10.7 Å². The molecule has 1 aliphatic carbocycles. The van der Waals surface area contributed by atoms with E-state index in [1.165, 1.54) is 5.56 Å². The lowest BCUT2D eigenvalue weighted by Gasteiger charge is -2.33. The highest BCUT2D eigenvalue weighted by Gasteiger charge is 2.31. The van der Waals surface area contributed by atoms with Crippen molar-refractivity contribution >= 4 is 17.6 Å². The SMILES string of the molecule is COCC(C)NC(N)=NC1CC(c2ccccc2Cl)C1. The topological polar surface area (TPSA) is 59.6 Å². The number of hydrogen-bond donors (Lipinski definition) is 2. The highest BCUT2D eigenvalue weighted by Crippen LogP contribution is 2.41. The number of nitrogens with one attached hydrogen (secondary N) is 1. The van der Waals surface area contributed by atoms with Gasteiger partial charge < -0.3 is 15.8 Å². The smallest absolute Gasteiger partial charge is 0.189 e. The average molecular weight is 296 g/mol. The molecular weight excluding hydrogens is 274 g/mol. The molecule has 3 N–H and O–H groups in total. The molecule has 4 nitrogen and oxygen atoms in total. The monoisotopic (exact) mass is 295 g/mol. The minimum Gasteiger partial charge on any atom is -0.383 e. The summed E-state index contributed by atoms with van der Waals surface area (Å²) in [5.41, 5.74) is 7.11. The van der Waals surface area contributed by atoms with Crippen LogP contribution in [-0.4, -0.2) is 31.8 Å². The molecule has 0 heterocycles. The second kappa shape index (κ2) is 6.95. The van der Waals surface area contributed by atoms with Gasteiger partial charge in [0, 0.05) is 18.2 Å². The number of benzene rings is 1. The van der Waals surface area contributed by atoms with Gasteiger partial charge in [0.25, 0.3) is 0 Å². The number of guanidine groups is 1. The van der Waals surface area contributed by atoms with Crippen molar-refractivity contribution in [2.45, 2.75) is 37.8 Å². The van der Waals surface area contributed by atoms with Crippen molar-refractivity contribution in [1.29, 1.82) is 0 Å². The maximum absolute atomic E-state index is 6.20. The van der Waals surface area contributed by atoms with Gasteiger partial charge >= 0.3 is 0 Å². The number of rotatable bonds is 5. The standard InChI is InChI=1S/C15H22ClN3O/c1-10(9-20-2)18-15(17)19-12-7-11(8-12)13-5-3-4-6-14(13)16/h3-6,10-12H,7-9H2,1-2H3,(H3,17,18,19). The molecule has 0 radical (unpaired) electrons. The molecular formula is C15H22ClN3O. The zero-order valence-electron chi connectivity index (χ0n) is 12.0. The number of methoxy groups -OCH3 is 1. The molecule has 1 fully saturated rings. The molecule has 0 amide bonds. The first-order valence-electron chi connectivity index (χ1n) is 6.93. The maximum atomic E-state index is 6.20. The van der Waals surface area contributed by atoms with Crippen LogP contribution in [0.5, 0.6) is 0 Å². The molecule has 0 aromatic heterocycles. The van der Waals surface area contributed by atoms with Crippen molar-refractivity contribution in [3.05, 3.63) is 34.9 Å². The number of nitrogens with zero attached hydrogens (tertiary/aromatic N) is 1. The highest BCUT2D eigenvalue weighted by molar-refractivity contribution is 6.31. The molecule has 1 aromatic rings. The normalized spacial score (nSPS) is 24.1. The molecule has 2 rings (SSSR count). The molecule has 20 heavy (non-hydrogen) atoms. The lowest BCUT2D eigenvalue weighted by molar-refractivity contribution is 0.179. The first kappa shape index (κ1) is 15.1. The van der Waals surface area contributed by atoms with Crippen LogP contribution in [0, 0.1) is 0 Å². The number of nitrogens with two attached hydrogens (primary N) is 1. The van der Waals surface area contributed by atoms with Crippen LogP contribution in [-0.2, 0) is 4.74 Å². The third-order valence-corrected chi connectivity index (χ3v) is 3.94. The number of hydrogen-bond acceptors (Lipinski definition) is 2. The molecule has 1 aromatic carbocycles. The Morgan fingerprint density at radius 1 is 1.50 bits per heavy atom. The maximum Gasteiger partial charge on any atom is 0.189 e. The number of ether oxygens (including phenoxy) is 1. The van der Waals surface area contributed by atoms with Gasteiger partial charge in [-0.2, -0.15) is 0 Å². The number of aliphatic imine (C=N–C) groups is 1. The van der Waals surface area contributed by atoms with Crippen LogP contribution in [0.25, 0.3) is 0 Å². The Morgan fingerprint density at radius 3 is 2.85 bits per heavy atom. The van der Waals surface area contributed by atoms with E-state index in [2.05, 4.69) is 16.4 Å². The molecule has 0 saturated heterocycles. The van der Waals surface area contributed by atoms with Crippen molar-refractivity contribution in [3.8, 4) is 0 Å². The summed E-state index contributed by atoms with van der Waals surface area (Å²) in [4.78, 5) is 4.49. The fourth-order valence-corrected chi connectivity index (χ4v) is 2.82. The van der Waals surface area contributed by atoms with E-state index in [9.17, 15) is 0 Å². The predicted molar refractivity (Wildman–Crippen MR) is 83.3 cm³/mol. The van der Waals surface area contributed by atoms with Crippen LogP contribution in [0.15, 0.2) is 29.3 Å². The van der Waals surface area contributed by atoms with Crippen LogP contribution in [0.2, 0.25) is 5.02 Å². The van der Waals surface area contributed by atoms with E-state index >= 15 is 0 Å². The van der Waals surface area contributed by atoms with Gasteiger partial charge in [-0.3, -0.25) is 4.99 Å². The van der Waals surface area contributed by atoms with Gasteiger partial charge in [-0.25, -0.2) is 0 Å². The molecule has 1 aliphatic rings. The second-order valence-corrected chi connectivity index (χ2v) is 5.77. The summed E-state index contributed by atoms with van der Waals surface area (Å²) in [7, 11) is 1.67. The van der Waals surface area contributed by atoms with E-state index in [0.717, 1.165) is 17.9 Å². The van der Waals surface area contributed by atoms with Crippen molar-refractivity contribution in [1.82, 2.24) is 5.32 Å². The summed E-state index contributed by atoms with van der Waals surface area (Å²) in [5.74, 6) is 0.999. The average Bonchev–Trinajstić information content (AvgIpc) is 2.34. The first-order valence-corrected chi connectivity index (χ1v) is 7.31. The van der Waals surface area contributed by atoms with E-state index < -0.39 is 0 Å². The Kier molecular flexibility index (Phi) is 5.26. The minimum absolute atomic E-state index is 0.170. The van der Waals surface area contributed by atoms with Crippen LogP contribution < -0.4 is 11.1 Å². The zero-order chi connectivity index (χ0) is 14.5. The molecule has 110 valence electrons. The molecule has 1 unspecified atom stereocenters. The van der Waals surface area contributed by atoms with Gasteiger partial charge in [0.2, 0.25) is 0 Å². The van der Waals surface area contributed by atoms with E-state index in [0.29, 0.717) is 24.5 Å². The Hall–Kier alpha value is -1.26. The lowest BCUT2D eigenvalue weighted by atomic mass is 9.76. The summed E-state index contributed by atoms with van der Waals surface area (Å²) in [6.45, 7) is 2.63.